The van der Waals surface area contributed by atoms with Crippen LogP contribution in [0.25, 0.3) is 0 Å². The summed E-state index contributed by atoms with van der Waals surface area (Å²) in [5, 5.41) is 0. The summed E-state index contributed by atoms with van der Waals surface area (Å²) in [5.41, 5.74) is 1.02. The molecular weight excluding hydrogens is 286 g/mol. The topological polar surface area (TPSA) is 55.4 Å². The van der Waals surface area contributed by atoms with Crippen LogP contribution in [0.4, 0.5) is 0 Å². The largest absolute Gasteiger partial charge is 0.380 e. The molecule has 0 aromatic heterocycles. The number of hydrogen-bond donors (Lipinski definition) is 1. The van der Waals surface area contributed by atoms with Crippen LogP contribution in [-0.2, 0) is 21.2 Å². The molecule has 0 saturated carbocycles. The lowest BCUT2D eigenvalue weighted by atomic mass is 10.2. The third-order valence-electron chi connectivity index (χ3n) is 2.55. The van der Waals surface area contributed by atoms with Crippen LogP contribution in [0.3, 0.4) is 0 Å². The predicted molar refractivity (Wildman–Crippen MR) is 77.1 cm³/mol. The second kappa shape index (κ2) is 7.85. The Bertz CT molecular complexity index is 473. The summed E-state index contributed by atoms with van der Waals surface area (Å²) >= 11 is 5.64. The van der Waals surface area contributed by atoms with Gasteiger partial charge in [0, 0.05) is 18.5 Å². The van der Waals surface area contributed by atoms with E-state index in [1.165, 1.54) is 0 Å². The van der Waals surface area contributed by atoms with E-state index in [1.807, 2.05) is 6.92 Å². The number of nitrogens with one attached hydrogen (secondary N) is 1. The molecule has 1 N–H and O–H groups in total. The van der Waals surface area contributed by atoms with Crippen molar-refractivity contribution in [2.24, 2.45) is 0 Å². The first-order chi connectivity index (χ1) is 8.99. The summed E-state index contributed by atoms with van der Waals surface area (Å²) in [7, 11) is -3.48. The number of sulfonamides is 1. The molecule has 1 atom stereocenters. The summed E-state index contributed by atoms with van der Waals surface area (Å²) in [6.07, 6.45) is 0.732. The number of alkyl halides is 1. The lowest BCUT2D eigenvalue weighted by Crippen LogP contribution is -2.35. The summed E-state index contributed by atoms with van der Waals surface area (Å²) in [6, 6.07) is 6.50. The Hall–Kier alpha value is -0.620. The molecule has 0 heterocycles. The molecule has 0 aliphatic rings. The van der Waals surface area contributed by atoms with Gasteiger partial charge in [0.1, 0.15) is 0 Å². The molecule has 0 amide bonds. The summed E-state index contributed by atoms with van der Waals surface area (Å²) < 4.78 is 31.9. The molecule has 1 aromatic carbocycles. The summed E-state index contributed by atoms with van der Waals surface area (Å²) in [6.45, 7) is 4.57. The smallest absolute Gasteiger partial charge is 0.240 e. The van der Waals surface area contributed by atoms with E-state index in [2.05, 4.69) is 4.72 Å². The highest BCUT2D eigenvalue weighted by atomic mass is 35.5. The Kier molecular flexibility index (Phi) is 6.79. The molecule has 19 heavy (non-hydrogen) atoms. The van der Waals surface area contributed by atoms with E-state index in [-0.39, 0.29) is 10.9 Å². The van der Waals surface area contributed by atoms with Gasteiger partial charge in [-0.1, -0.05) is 12.1 Å². The molecule has 1 rings (SSSR count). The Labute approximate surface area is 120 Å². The maximum absolute atomic E-state index is 12.1. The third-order valence-corrected chi connectivity index (χ3v) is 4.34. The van der Waals surface area contributed by atoms with E-state index < -0.39 is 10.0 Å². The first kappa shape index (κ1) is 16.4. The number of hydrogen-bond acceptors (Lipinski definition) is 3. The average Bonchev–Trinajstić information content (AvgIpc) is 2.37. The van der Waals surface area contributed by atoms with Crippen LogP contribution in [0, 0.1) is 0 Å². The molecule has 0 saturated heterocycles. The van der Waals surface area contributed by atoms with Crippen molar-refractivity contribution in [1.29, 1.82) is 0 Å². The fraction of sp³-hybridized carbons (Fsp3) is 0.538. The average molecular weight is 306 g/mol. The zero-order chi connectivity index (χ0) is 14.3. The van der Waals surface area contributed by atoms with Crippen LogP contribution in [0.5, 0.6) is 0 Å². The Morgan fingerprint density at radius 2 is 1.95 bits per heavy atom. The summed E-state index contributed by atoms with van der Waals surface area (Å²) in [4.78, 5) is 0.258. The van der Waals surface area contributed by atoms with Crippen molar-refractivity contribution in [3.63, 3.8) is 0 Å². The quantitative estimate of drug-likeness (QED) is 0.749. The highest BCUT2D eigenvalue weighted by molar-refractivity contribution is 7.89. The van der Waals surface area contributed by atoms with Crippen LogP contribution < -0.4 is 4.72 Å². The van der Waals surface area contributed by atoms with Crippen molar-refractivity contribution in [2.45, 2.75) is 31.2 Å². The molecule has 4 nitrogen and oxygen atoms in total. The van der Waals surface area contributed by atoms with E-state index in [9.17, 15) is 8.42 Å². The maximum Gasteiger partial charge on any atom is 0.240 e. The van der Waals surface area contributed by atoms with Crippen LogP contribution >= 0.6 is 11.6 Å². The van der Waals surface area contributed by atoms with Crippen molar-refractivity contribution in [3.8, 4) is 0 Å². The second-order valence-corrected chi connectivity index (χ2v) is 6.36. The molecule has 0 spiro atoms. The SMILES string of the molecule is CCOCC(C)NS(=O)(=O)c1ccc(CCCl)cc1. The number of ether oxygens (including phenoxy) is 1. The highest BCUT2D eigenvalue weighted by Gasteiger charge is 2.17. The van der Waals surface area contributed by atoms with Crippen molar-refractivity contribution in [2.75, 3.05) is 19.1 Å². The monoisotopic (exact) mass is 305 g/mol. The molecule has 0 aliphatic carbocycles. The molecule has 1 aromatic rings. The molecular formula is C13H20ClNO3S. The van der Waals surface area contributed by atoms with Crippen LogP contribution in [-0.4, -0.2) is 33.6 Å². The lowest BCUT2D eigenvalue weighted by molar-refractivity contribution is 0.133. The maximum atomic E-state index is 12.1. The zero-order valence-electron chi connectivity index (χ0n) is 11.2. The molecule has 0 bridgehead atoms. The van der Waals surface area contributed by atoms with E-state index in [0.717, 1.165) is 12.0 Å². The van der Waals surface area contributed by atoms with Crippen LogP contribution in [0.2, 0.25) is 0 Å². The minimum Gasteiger partial charge on any atom is -0.380 e. The normalized spacial score (nSPS) is 13.4. The second-order valence-electron chi connectivity index (χ2n) is 4.26. The summed E-state index contributed by atoms with van der Waals surface area (Å²) in [5.74, 6) is 0.524. The van der Waals surface area contributed by atoms with Gasteiger partial charge >= 0.3 is 0 Å². The van der Waals surface area contributed by atoms with Gasteiger partial charge in [-0.3, -0.25) is 0 Å². The number of rotatable bonds is 8. The van der Waals surface area contributed by atoms with Crippen molar-refractivity contribution in [1.82, 2.24) is 4.72 Å². The van der Waals surface area contributed by atoms with Gasteiger partial charge in [0.2, 0.25) is 10.0 Å². The van der Waals surface area contributed by atoms with Gasteiger partial charge in [-0.2, -0.15) is 0 Å². The van der Waals surface area contributed by atoms with Gasteiger partial charge in [-0.25, -0.2) is 13.1 Å². The molecule has 0 fully saturated rings. The van der Waals surface area contributed by atoms with E-state index in [4.69, 9.17) is 16.3 Å². The number of benzene rings is 1. The number of halogens is 1. The molecule has 0 radical (unpaired) electrons. The highest BCUT2D eigenvalue weighted by Crippen LogP contribution is 2.12. The van der Waals surface area contributed by atoms with Crippen molar-refractivity contribution < 1.29 is 13.2 Å². The predicted octanol–water partition coefficient (Wildman–Crippen LogP) is 2.17. The minimum absolute atomic E-state index is 0.257. The number of aryl methyl sites for hydroxylation is 1. The van der Waals surface area contributed by atoms with E-state index >= 15 is 0 Å². The molecule has 6 heteroatoms. The molecule has 1 unspecified atom stereocenters. The molecule has 108 valence electrons. The van der Waals surface area contributed by atoms with Crippen molar-refractivity contribution in [3.05, 3.63) is 29.8 Å². The fourth-order valence-electron chi connectivity index (χ4n) is 1.61. The van der Waals surface area contributed by atoms with Crippen molar-refractivity contribution >= 4 is 21.6 Å². The molecule has 0 aliphatic heterocycles. The fourth-order valence-corrected chi connectivity index (χ4v) is 3.05. The van der Waals surface area contributed by atoms with Gasteiger partial charge in [0.25, 0.3) is 0 Å². The van der Waals surface area contributed by atoms with Gasteiger partial charge < -0.3 is 4.74 Å². The van der Waals surface area contributed by atoms with Gasteiger partial charge in [0.05, 0.1) is 11.5 Å². The van der Waals surface area contributed by atoms with E-state index in [0.29, 0.717) is 19.1 Å². The Morgan fingerprint density at radius 1 is 1.32 bits per heavy atom. The van der Waals surface area contributed by atoms with Gasteiger partial charge in [-0.15, -0.1) is 11.6 Å². The first-order valence-electron chi connectivity index (χ1n) is 6.24. The lowest BCUT2D eigenvalue weighted by Gasteiger charge is -2.14. The van der Waals surface area contributed by atoms with Gasteiger partial charge in [0.15, 0.2) is 0 Å². The standard InChI is InChI=1S/C13H20ClNO3S/c1-3-18-10-11(2)15-19(16,17)13-6-4-12(5-7-13)8-9-14/h4-7,11,15H,3,8-10H2,1-2H3. The minimum atomic E-state index is -3.48. The van der Waals surface area contributed by atoms with Gasteiger partial charge in [-0.05, 0) is 38.0 Å². The Morgan fingerprint density at radius 3 is 2.47 bits per heavy atom. The third kappa shape index (κ3) is 5.48. The van der Waals surface area contributed by atoms with Crippen LogP contribution in [0.1, 0.15) is 19.4 Å². The van der Waals surface area contributed by atoms with E-state index in [1.54, 1.807) is 31.2 Å². The zero-order valence-corrected chi connectivity index (χ0v) is 12.8. The van der Waals surface area contributed by atoms with Crippen LogP contribution in [0.15, 0.2) is 29.2 Å². The Balaban J connectivity index is 2.71. The first-order valence-corrected chi connectivity index (χ1v) is 8.26.